The summed E-state index contributed by atoms with van der Waals surface area (Å²) < 4.78 is 50.9. The standard InChI is InChI=1S/C30H28F3N3O4/c1-17-25(28(38)36-24-9-4-5-12-34-24)27(26-21(35-17)14-29(2,3)15-22(26)37)23-11-10-20(40-23)16-39-19-8-6-7-18(13-19)30(31,32)33/h4-13,27,35H,14-16H2,1-3H3,(H,34,36,38)/t27-/m1/s1. The Morgan fingerprint density at radius 1 is 1.15 bits per heavy atom. The fraction of sp³-hybridized carbons (Fsp3) is 0.300. The highest BCUT2D eigenvalue weighted by molar-refractivity contribution is 6.09. The van der Waals surface area contributed by atoms with Crippen molar-refractivity contribution in [2.45, 2.75) is 52.3 Å². The molecule has 0 spiro atoms. The minimum Gasteiger partial charge on any atom is -0.486 e. The van der Waals surface area contributed by atoms with E-state index in [1.54, 1.807) is 43.5 Å². The number of amides is 1. The summed E-state index contributed by atoms with van der Waals surface area (Å²) in [6.07, 6.45) is -2.01. The van der Waals surface area contributed by atoms with Crippen LogP contribution in [0.5, 0.6) is 5.75 Å². The molecule has 1 aliphatic heterocycles. The van der Waals surface area contributed by atoms with E-state index in [1.165, 1.54) is 12.1 Å². The van der Waals surface area contributed by atoms with Crippen LogP contribution in [0.15, 0.2) is 87.8 Å². The molecule has 1 amide bonds. The first-order chi connectivity index (χ1) is 18.9. The molecule has 0 saturated carbocycles. The summed E-state index contributed by atoms with van der Waals surface area (Å²) in [7, 11) is 0. The van der Waals surface area contributed by atoms with Crippen LogP contribution in [0.25, 0.3) is 0 Å². The number of ether oxygens (including phenoxy) is 1. The highest BCUT2D eigenvalue weighted by atomic mass is 19.4. The van der Waals surface area contributed by atoms with E-state index in [0.717, 1.165) is 17.8 Å². The van der Waals surface area contributed by atoms with Gasteiger partial charge in [-0.15, -0.1) is 0 Å². The molecule has 0 saturated heterocycles. The van der Waals surface area contributed by atoms with Crippen LogP contribution in [-0.4, -0.2) is 16.7 Å². The Labute approximate surface area is 229 Å². The van der Waals surface area contributed by atoms with Crippen molar-refractivity contribution < 1.29 is 31.9 Å². The predicted octanol–water partition coefficient (Wildman–Crippen LogP) is 6.52. The van der Waals surface area contributed by atoms with E-state index in [-0.39, 0.29) is 23.6 Å². The van der Waals surface area contributed by atoms with Crippen molar-refractivity contribution in [3.63, 3.8) is 0 Å². The van der Waals surface area contributed by atoms with Gasteiger partial charge in [0.05, 0.1) is 17.1 Å². The number of carbonyl (C=O) groups is 2. The van der Waals surface area contributed by atoms with Gasteiger partial charge in [0.1, 0.15) is 29.7 Å². The Morgan fingerprint density at radius 3 is 2.67 bits per heavy atom. The molecule has 1 atom stereocenters. The number of rotatable bonds is 6. The average Bonchev–Trinajstić information content (AvgIpc) is 3.35. The number of halogens is 3. The molecule has 1 aromatic carbocycles. The summed E-state index contributed by atoms with van der Waals surface area (Å²) in [5, 5.41) is 6.09. The Morgan fingerprint density at radius 2 is 1.95 bits per heavy atom. The molecule has 3 heterocycles. The van der Waals surface area contributed by atoms with Crippen molar-refractivity contribution in [3.8, 4) is 5.75 Å². The quantitative estimate of drug-likeness (QED) is 0.363. The second-order valence-corrected chi connectivity index (χ2v) is 10.7. The number of hydrogen-bond acceptors (Lipinski definition) is 6. The summed E-state index contributed by atoms with van der Waals surface area (Å²) in [4.78, 5) is 31.2. The normalized spacial score (nSPS) is 18.8. The van der Waals surface area contributed by atoms with E-state index in [1.807, 2.05) is 13.8 Å². The topological polar surface area (TPSA) is 93.5 Å². The first-order valence-electron chi connectivity index (χ1n) is 12.8. The Hall–Kier alpha value is -4.34. The van der Waals surface area contributed by atoms with E-state index in [0.29, 0.717) is 47.0 Å². The number of furan rings is 1. The molecule has 5 rings (SSSR count). The average molecular weight is 552 g/mol. The van der Waals surface area contributed by atoms with Crippen LogP contribution in [0.4, 0.5) is 19.0 Å². The van der Waals surface area contributed by atoms with Gasteiger partial charge in [-0.05, 0) is 61.2 Å². The number of dihydropyridines is 1. The maximum absolute atomic E-state index is 13.6. The first-order valence-corrected chi connectivity index (χ1v) is 12.8. The minimum absolute atomic E-state index is 0.0375. The van der Waals surface area contributed by atoms with Crippen molar-refractivity contribution in [3.05, 3.63) is 100 Å². The van der Waals surface area contributed by atoms with Gasteiger partial charge in [-0.1, -0.05) is 26.0 Å². The summed E-state index contributed by atoms with van der Waals surface area (Å²) >= 11 is 0. The van der Waals surface area contributed by atoms with Crippen LogP contribution in [0.1, 0.15) is 56.6 Å². The largest absolute Gasteiger partial charge is 0.486 e. The van der Waals surface area contributed by atoms with Gasteiger partial charge in [0.15, 0.2) is 5.78 Å². The summed E-state index contributed by atoms with van der Waals surface area (Å²) in [6, 6.07) is 13.0. The number of allylic oxidation sites excluding steroid dienone is 3. The van der Waals surface area contributed by atoms with Crippen LogP contribution in [0.3, 0.4) is 0 Å². The Kier molecular flexibility index (Phi) is 7.03. The maximum Gasteiger partial charge on any atom is 0.416 e. The zero-order valence-corrected chi connectivity index (χ0v) is 22.2. The number of pyridine rings is 1. The number of aromatic nitrogens is 1. The van der Waals surface area contributed by atoms with Crippen LogP contribution in [0, 0.1) is 5.41 Å². The molecule has 2 aliphatic rings. The van der Waals surface area contributed by atoms with E-state index in [9.17, 15) is 22.8 Å². The van der Waals surface area contributed by atoms with Crippen molar-refractivity contribution in [1.82, 2.24) is 10.3 Å². The SMILES string of the molecule is CC1=C(C(=O)Nc2ccccn2)[C@@H](c2ccc(COc3cccc(C(F)(F)F)c3)o2)C2=C(CC(C)(C)CC2=O)N1. The Balaban J connectivity index is 1.46. The minimum atomic E-state index is -4.49. The van der Waals surface area contributed by atoms with Crippen LogP contribution >= 0.6 is 0 Å². The van der Waals surface area contributed by atoms with Crippen molar-refractivity contribution in [2.24, 2.45) is 5.41 Å². The molecule has 7 nitrogen and oxygen atoms in total. The van der Waals surface area contributed by atoms with Gasteiger partial charge < -0.3 is 19.8 Å². The van der Waals surface area contributed by atoms with Gasteiger partial charge in [0.2, 0.25) is 0 Å². The van der Waals surface area contributed by atoms with Gasteiger partial charge in [0, 0.05) is 29.6 Å². The van der Waals surface area contributed by atoms with E-state index in [4.69, 9.17) is 9.15 Å². The van der Waals surface area contributed by atoms with Crippen molar-refractivity contribution in [1.29, 1.82) is 0 Å². The number of hydrogen-bond donors (Lipinski definition) is 2. The predicted molar refractivity (Wildman–Crippen MR) is 141 cm³/mol. The third-order valence-corrected chi connectivity index (χ3v) is 6.90. The molecule has 2 N–H and O–H groups in total. The summed E-state index contributed by atoms with van der Waals surface area (Å²) in [5.41, 5.74) is 1.04. The molecule has 10 heteroatoms. The van der Waals surface area contributed by atoms with Gasteiger partial charge in [-0.2, -0.15) is 13.2 Å². The number of benzene rings is 1. The number of carbonyl (C=O) groups excluding carboxylic acids is 2. The molecule has 208 valence electrons. The zero-order valence-electron chi connectivity index (χ0n) is 22.2. The number of ketones is 1. The number of nitrogens with one attached hydrogen (secondary N) is 2. The molecular weight excluding hydrogens is 523 g/mol. The molecule has 0 radical (unpaired) electrons. The third kappa shape index (κ3) is 5.66. The monoisotopic (exact) mass is 551 g/mol. The highest BCUT2D eigenvalue weighted by Crippen LogP contribution is 2.47. The number of anilines is 1. The molecule has 40 heavy (non-hydrogen) atoms. The van der Waals surface area contributed by atoms with Crippen LogP contribution < -0.4 is 15.4 Å². The molecule has 1 aliphatic carbocycles. The summed E-state index contributed by atoms with van der Waals surface area (Å²) in [5.74, 6) is -0.221. The molecule has 0 bridgehead atoms. The van der Waals surface area contributed by atoms with Gasteiger partial charge in [0.25, 0.3) is 5.91 Å². The number of alkyl halides is 3. The molecule has 3 aromatic rings. The number of Topliss-reactive ketones (excluding diaryl/α,β-unsaturated/α-hetero) is 1. The third-order valence-electron chi connectivity index (χ3n) is 6.90. The maximum atomic E-state index is 13.6. The lowest BCUT2D eigenvalue weighted by atomic mass is 9.69. The zero-order chi connectivity index (χ0) is 28.7. The second kappa shape index (κ2) is 10.3. The smallest absolute Gasteiger partial charge is 0.416 e. The lowest BCUT2D eigenvalue weighted by molar-refractivity contribution is -0.137. The van der Waals surface area contributed by atoms with Crippen LogP contribution in [-0.2, 0) is 22.4 Å². The Bertz CT molecular complexity index is 1520. The van der Waals surface area contributed by atoms with Crippen molar-refractivity contribution in [2.75, 3.05) is 5.32 Å². The van der Waals surface area contributed by atoms with Gasteiger partial charge in [-0.25, -0.2) is 4.98 Å². The van der Waals surface area contributed by atoms with E-state index >= 15 is 0 Å². The molecule has 0 fully saturated rings. The van der Waals surface area contributed by atoms with Crippen LogP contribution in [0.2, 0.25) is 0 Å². The highest BCUT2D eigenvalue weighted by Gasteiger charge is 2.44. The summed E-state index contributed by atoms with van der Waals surface area (Å²) in [6.45, 7) is 5.67. The van der Waals surface area contributed by atoms with Gasteiger partial charge >= 0.3 is 6.18 Å². The molecule has 2 aromatic heterocycles. The molecule has 0 unspecified atom stereocenters. The fourth-order valence-electron chi connectivity index (χ4n) is 5.19. The van der Waals surface area contributed by atoms with Crippen molar-refractivity contribution >= 4 is 17.5 Å². The van der Waals surface area contributed by atoms with Gasteiger partial charge in [-0.3, -0.25) is 9.59 Å². The fourth-order valence-corrected chi connectivity index (χ4v) is 5.19. The first kappa shape index (κ1) is 27.2. The lowest BCUT2D eigenvalue weighted by Crippen LogP contribution is -2.39. The second-order valence-electron chi connectivity index (χ2n) is 10.7. The number of nitrogens with zero attached hydrogens (tertiary/aromatic N) is 1. The van der Waals surface area contributed by atoms with E-state index in [2.05, 4.69) is 15.6 Å². The van der Waals surface area contributed by atoms with E-state index < -0.39 is 23.6 Å². The lowest BCUT2D eigenvalue weighted by Gasteiger charge is -2.38. The molecular formula is C30H28F3N3O4.